The molecule has 0 fully saturated rings. The fourth-order valence-corrected chi connectivity index (χ4v) is 1.08. The van der Waals surface area contributed by atoms with Gasteiger partial charge in [-0.05, 0) is 18.2 Å². The molecule has 0 saturated carbocycles. The third-order valence-corrected chi connectivity index (χ3v) is 1.62. The predicted molar refractivity (Wildman–Crippen MR) is 54.2 cm³/mol. The molecular formula is C8H9FNO5P. The molecule has 0 spiro atoms. The third kappa shape index (κ3) is 4.00. The largest absolute Gasteiger partial charge is 0.506 e. The van der Waals surface area contributed by atoms with Crippen molar-refractivity contribution in [2.75, 3.05) is 0 Å². The predicted octanol–water partition coefficient (Wildman–Crippen LogP) is 1.08. The minimum atomic E-state index is -4.64. The number of rotatable bonds is 0. The van der Waals surface area contributed by atoms with Crippen LogP contribution in [0.25, 0.3) is 10.9 Å². The van der Waals surface area contributed by atoms with Crippen LogP contribution in [0.3, 0.4) is 0 Å². The monoisotopic (exact) mass is 249 g/mol. The molecule has 16 heavy (non-hydrogen) atoms. The second kappa shape index (κ2) is 4.63. The van der Waals surface area contributed by atoms with Crippen LogP contribution in [0.5, 0.6) is 5.75 Å². The number of H-pyrrole nitrogens is 1. The van der Waals surface area contributed by atoms with Gasteiger partial charge in [0.2, 0.25) is 0 Å². The summed E-state index contributed by atoms with van der Waals surface area (Å²) in [6, 6.07) is 4.20. The molecule has 0 atom stereocenters. The van der Waals surface area contributed by atoms with Gasteiger partial charge in [-0.15, -0.1) is 0 Å². The van der Waals surface area contributed by atoms with Crippen LogP contribution in [0.4, 0.5) is 4.39 Å². The van der Waals surface area contributed by atoms with Crippen molar-refractivity contribution in [3.8, 4) is 5.75 Å². The fourth-order valence-electron chi connectivity index (χ4n) is 1.08. The van der Waals surface area contributed by atoms with E-state index in [2.05, 4.69) is 4.98 Å². The average molecular weight is 249 g/mol. The zero-order valence-electron chi connectivity index (χ0n) is 7.83. The Morgan fingerprint density at radius 2 is 1.81 bits per heavy atom. The van der Waals surface area contributed by atoms with E-state index in [1.54, 1.807) is 0 Å². The highest BCUT2D eigenvalue weighted by Gasteiger charge is 2.01. The maximum absolute atomic E-state index is 12.5. The van der Waals surface area contributed by atoms with Gasteiger partial charge in [-0.1, -0.05) is 0 Å². The average Bonchev–Trinajstić information content (AvgIpc) is 2.44. The van der Waals surface area contributed by atoms with Crippen molar-refractivity contribution in [3.63, 3.8) is 0 Å². The van der Waals surface area contributed by atoms with Gasteiger partial charge in [0.05, 0.1) is 5.52 Å². The van der Waals surface area contributed by atoms with Crippen molar-refractivity contribution in [2.45, 2.75) is 0 Å². The summed E-state index contributed by atoms with van der Waals surface area (Å²) in [5.41, 5.74) is 0.613. The number of hydrogen-bond acceptors (Lipinski definition) is 2. The number of phosphoric acid groups is 1. The van der Waals surface area contributed by atoms with E-state index in [0.717, 1.165) is 0 Å². The van der Waals surface area contributed by atoms with Crippen molar-refractivity contribution in [1.29, 1.82) is 0 Å². The summed E-state index contributed by atoms with van der Waals surface area (Å²) in [4.78, 5) is 24.3. The highest BCUT2D eigenvalue weighted by Crippen LogP contribution is 2.26. The first-order valence-corrected chi connectivity index (χ1v) is 5.58. The van der Waals surface area contributed by atoms with Crippen molar-refractivity contribution in [1.82, 2.24) is 4.98 Å². The molecule has 0 saturated heterocycles. The van der Waals surface area contributed by atoms with Crippen LogP contribution < -0.4 is 0 Å². The van der Waals surface area contributed by atoms with Crippen LogP contribution in [0.2, 0.25) is 0 Å². The van der Waals surface area contributed by atoms with Crippen LogP contribution >= 0.6 is 7.82 Å². The molecule has 0 aliphatic rings. The van der Waals surface area contributed by atoms with Crippen molar-refractivity contribution in [3.05, 3.63) is 30.2 Å². The van der Waals surface area contributed by atoms with Crippen LogP contribution in [0, 0.1) is 5.82 Å². The summed E-state index contributed by atoms with van der Waals surface area (Å²) in [5.74, 6) is -0.153. The quantitative estimate of drug-likeness (QED) is 0.448. The number of nitrogens with one attached hydrogen (secondary N) is 1. The summed E-state index contributed by atoms with van der Waals surface area (Å²) in [5, 5.41) is 9.79. The maximum Gasteiger partial charge on any atom is 0.466 e. The molecule has 6 nitrogen and oxygen atoms in total. The van der Waals surface area contributed by atoms with Crippen LogP contribution in [0.15, 0.2) is 24.4 Å². The summed E-state index contributed by atoms with van der Waals surface area (Å²) >= 11 is 0. The Bertz CT molecular complexity index is 526. The molecular weight excluding hydrogens is 240 g/mol. The number of aromatic nitrogens is 1. The first kappa shape index (κ1) is 12.7. The topological polar surface area (TPSA) is 114 Å². The van der Waals surface area contributed by atoms with E-state index in [1.807, 2.05) is 0 Å². The summed E-state index contributed by atoms with van der Waals surface area (Å²) in [7, 11) is -4.64. The van der Waals surface area contributed by atoms with Gasteiger partial charge in [0.1, 0.15) is 11.6 Å². The second-order valence-electron chi connectivity index (χ2n) is 2.88. The lowest BCUT2D eigenvalue weighted by Gasteiger charge is -1.89. The Kier molecular flexibility index (Phi) is 3.66. The van der Waals surface area contributed by atoms with Gasteiger partial charge in [-0.25, -0.2) is 8.96 Å². The lowest BCUT2D eigenvalue weighted by Crippen LogP contribution is -1.71. The Balaban J connectivity index is 0.000000221. The molecule has 1 aromatic carbocycles. The zero-order valence-corrected chi connectivity index (χ0v) is 8.73. The van der Waals surface area contributed by atoms with Gasteiger partial charge in [-0.3, -0.25) is 0 Å². The zero-order chi connectivity index (χ0) is 12.3. The molecule has 88 valence electrons. The number of aromatic amines is 1. The minimum absolute atomic E-state index is 0.153. The number of benzene rings is 1. The molecule has 0 amide bonds. The van der Waals surface area contributed by atoms with Gasteiger partial charge < -0.3 is 24.8 Å². The fraction of sp³-hybridized carbons (Fsp3) is 0. The molecule has 0 unspecified atom stereocenters. The molecule has 2 aromatic rings. The minimum Gasteiger partial charge on any atom is -0.506 e. The summed E-state index contributed by atoms with van der Waals surface area (Å²) in [6.07, 6.45) is 1.43. The highest BCUT2D eigenvalue weighted by atomic mass is 31.2. The lowest BCUT2D eigenvalue weighted by atomic mass is 10.2. The van der Waals surface area contributed by atoms with Gasteiger partial charge in [-0.2, -0.15) is 0 Å². The van der Waals surface area contributed by atoms with Crippen LogP contribution in [0.1, 0.15) is 0 Å². The van der Waals surface area contributed by atoms with E-state index >= 15 is 0 Å². The summed E-state index contributed by atoms with van der Waals surface area (Å²) in [6.45, 7) is 0. The van der Waals surface area contributed by atoms with E-state index in [9.17, 15) is 4.39 Å². The Morgan fingerprint density at radius 3 is 2.38 bits per heavy atom. The Labute approximate surface area is 89.2 Å². The molecule has 0 aliphatic heterocycles. The summed E-state index contributed by atoms with van der Waals surface area (Å²) < 4.78 is 21.4. The van der Waals surface area contributed by atoms with E-state index in [4.69, 9.17) is 24.4 Å². The first-order valence-electron chi connectivity index (χ1n) is 4.01. The molecule has 5 N–H and O–H groups in total. The molecule has 1 heterocycles. The molecule has 0 bridgehead atoms. The van der Waals surface area contributed by atoms with Gasteiger partial charge >= 0.3 is 7.82 Å². The van der Waals surface area contributed by atoms with E-state index in [0.29, 0.717) is 10.9 Å². The molecule has 1 aromatic heterocycles. The number of aromatic hydroxyl groups is 1. The van der Waals surface area contributed by atoms with Gasteiger partial charge in [0.25, 0.3) is 0 Å². The van der Waals surface area contributed by atoms with Gasteiger partial charge in [0.15, 0.2) is 0 Å². The van der Waals surface area contributed by atoms with E-state index < -0.39 is 7.82 Å². The molecule has 2 rings (SSSR count). The second-order valence-corrected chi connectivity index (χ2v) is 3.90. The number of fused-ring (bicyclic) bond motifs is 1. The Morgan fingerprint density at radius 1 is 1.25 bits per heavy atom. The Hall–Kier alpha value is -1.40. The lowest BCUT2D eigenvalue weighted by molar-refractivity contribution is 0.275. The molecule has 0 radical (unpaired) electrons. The number of halogens is 1. The third-order valence-electron chi connectivity index (χ3n) is 1.62. The van der Waals surface area contributed by atoms with E-state index in [1.165, 1.54) is 24.4 Å². The van der Waals surface area contributed by atoms with Crippen molar-refractivity contribution in [2.24, 2.45) is 0 Å². The van der Waals surface area contributed by atoms with Crippen molar-refractivity contribution >= 4 is 18.7 Å². The standard InChI is InChI=1S/C8H6FNO.H3O4P/c9-5-1-2-6-7(3-5)10-4-8(6)11;1-5(2,3)4/h1-4,10-11H;(H3,1,2,3,4). The first-order chi connectivity index (χ1) is 7.27. The van der Waals surface area contributed by atoms with Crippen LogP contribution in [-0.2, 0) is 4.57 Å². The van der Waals surface area contributed by atoms with E-state index in [-0.39, 0.29) is 11.6 Å². The highest BCUT2D eigenvalue weighted by molar-refractivity contribution is 7.45. The smallest absolute Gasteiger partial charge is 0.466 e. The number of hydrogen-bond donors (Lipinski definition) is 5. The molecule has 8 heteroatoms. The van der Waals surface area contributed by atoms with Crippen molar-refractivity contribution < 1.29 is 28.7 Å². The normalized spacial score (nSPS) is 11.0. The SMILES string of the molecule is O=P(O)(O)O.Oc1c[nH]c2cc(F)ccc12. The van der Waals surface area contributed by atoms with Crippen LogP contribution in [-0.4, -0.2) is 24.8 Å². The maximum atomic E-state index is 12.5. The van der Waals surface area contributed by atoms with Gasteiger partial charge in [0, 0.05) is 11.6 Å². The molecule has 0 aliphatic carbocycles.